The van der Waals surface area contributed by atoms with E-state index >= 15 is 0 Å². The quantitative estimate of drug-likeness (QED) is 0.877. The number of aromatic nitrogens is 2. The Morgan fingerprint density at radius 3 is 2.56 bits per heavy atom. The van der Waals surface area contributed by atoms with Gasteiger partial charge in [-0.05, 0) is 32.2 Å². The molecular weight excluding hydrogens is 228 g/mol. The summed E-state index contributed by atoms with van der Waals surface area (Å²) in [6, 6.07) is 2.13. The van der Waals surface area contributed by atoms with E-state index in [-0.39, 0.29) is 0 Å². The maximum Gasteiger partial charge on any atom is 0.230 e. The fraction of sp³-hybridized carbons (Fsp3) is 0.846. The fourth-order valence-electron chi connectivity index (χ4n) is 3.40. The zero-order chi connectivity index (χ0) is 12.5. The van der Waals surface area contributed by atoms with Crippen LogP contribution in [0.1, 0.15) is 44.4 Å². The molecular formula is C13H22N4O. The van der Waals surface area contributed by atoms with Gasteiger partial charge in [0.15, 0.2) is 0 Å². The molecule has 5 heteroatoms. The van der Waals surface area contributed by atoms with E-state index in [1.165, 1.54) is 25.7 Å². The van der Waals surface area contributed by atoms with Gasteiger partial charge in [-0.3, -0.25) is 4.90 Å². The van der Waals surface area contributed by atoms with Crippen molar-refractivity contribution in [1.82, 2.24) is 20.4 Å². The van der Waals surface area contributed by atoms with Crippen LogP contribution in [0.15, 0.2) is 4.42 Å². The van der Waals surface area contributed by atoms with Crippen molar-refractivity contribution in [3.63, 3.8) is 0 Å². The lowest BCUT2D eigenvalue weighted by molar-refractivity contribution is 0.129. The molecule has 5 nitrogen and oxygen atoms in total. The summed E-state index contributed by atoms with van der Waals surface area (Å²) in [7, 11) is 0. The molecule has 0 aromatic carbocycles. The van der Waals surface area contributed by atoms with E-state index in [2.05, 4.69) is 27.3 Å². The van der Waals surface area contributed by atoms with Crippen LogP contribution in [0, 0.1) is 6.92 Å². The smallest absolute Gasteiger partial charge is 0.230 e. The molecule has 3 heterocycles. The first-order chi connectivity index (χ1) is 8.74. The molecule has 0 spiro atoms. The lowest BCUT2D eigenvalue weighted by Crippen LogP contribution is -2.47. The minimum Gasteiger partial charge on any atom is -0.424 e. The van der Waals surface area contributed by atoms with E-state index in [0.717, 1.165) is 31.1 Å². The third kappa shape index (κ3) is 2.42. The summed E-state index contributed by atoms with van der Waals surface area (Å²) in [5.74, 6) is 1.41. The highest BCUT2D eigenvalue weighted by Gasteiger charge is 2.35. The lowest BCUT2D eigenvalue weighted by Gasteiger charge is -2.36. The molecule has 100 valence electrons. The van der Waals surface area contributed by atoms with Gasteiger partial charge >= 0.3 is 0 Å². The average Bonchev–Trinajstić information content (AvgIpc) is 2.92. The van der Waals surface area contributed by atoms with Crippen molar-refractivity contribution in [2.45, 2.75) is 64.2 Å². The molecule has 1 aromatic rings. The average molecular weight is 250 g/mol. The lowest BCUT2D eigenvalue weighted by atomic mass is 9.98. The Bertz CT molecular complexity index is 393. The summed E-state index contributed by atoms with van der Waals surface area (Å²) in [5.41, 5.74) is 0. The largest absolute Gasteiger partial charge is 0.424 e. The highest BCUT2D eigenvalue weighted by atomic mass is 16.4. The molecule has 2 saturated heterocycles. The minimum absolute atomic E-state index is 0.659. The van der Waals surface area contributed by atoms with Crippen molar-refractivity contribution in [1.29, 1.82) is 0 Å². The Kier molecular flexibility index (Phi) is 3.35. The molecule has 2 atom stereocenters. The minimum atomic E-state index is 0.659. The maximum absolute atomic E-state index is 5.50. The summed E-state index contributed by atoms with van der Waals surface area (Å²) in [6.45, 7) is 5.90. The summed E-state index contributed by atoms with van der Waals surface area (Å²) in [4.78, 5) is 2.49. The summed E-state index contributed by atoms with van der Waals surface area (Å²) < 4.78 is 5.50. The van der Waals surface area contributed by atoms with Gasteiger partial charge in [-0.2, -0.15) is 0 Å². The Balaban J connectivity index is 1.65. The number of hydrogen-bond acceptors (Lipinski definition) is 5. The first-order valence-electron chi connectivity index (χ1n) is 7.03. The molecule has 1 N–H and O–H groups in total. The van der Waals surface area contributed by atoms with Crippen LogP contribution in [0.25, 0.3) is 0 Å². The van der Waals surface area contributed by atoms with Crippen molar-refractivity contribution in [3.8, 4) is 0 Å². The second-order valence-corrected chi connectivity index (χ2v) is 5.54. The van der Waals surface area contributed by atoms with Gasteiger partial charge in [0.25, 0.3) is 0 Å². The Labute approximate surface area is 108 Å². The summed E-state index contributed by atoms with van der Waals surface area (Å²) in [6.07, 6.45) is 5.21. The van der Waals surface area contributed by atoms with Gasteiger partial charge < -0.3 is 9.73 Å². The molecule has 0 amide bonds. The SMILES string of the molecule is CCN(Cc1nnc(C)o1)C1CC2CCC(C1)N2. The molecule has 18 heavy (non-hydrogen) atoms. The second-order valence-electron chi connectivity index (χ2n) is 5.54. The van der Waals surface area contributed by atoms with E-state index < -0.39 is 0 Å². The molecule has 1 aromatic heterocycles. The van der Waals surface area contributed by atoms with Gasteiger partial charge in [0, 0.05) is 25.0 Å². The number of rotatable bonds is 4. The summed E-state index contributed by atoms with van der Waals surface area (Å²) >= 11 is 0. The summed E-state index contributed by atoms with van der Waals surface area (Å²) in [5, 5.41) is 11.7. The van der Waals surface area contributed by atoms with E-state index in [4.69, 9.17) is 4.42 Å². The Morgan fingerprint density at radius 2 is 2.00 bits per heavy atom. The zero-order valence-corrected chi connectivity index (χ0v) is 11.2. The second kappa shape index (κ2) is 4.97. The van der Waals surface area contributed by atoms with Crippen LogP contribution < -0.4 is 5.32 Å². The third-order valence-electron chi connectivity index (χ3n) is 4.28. The molecule has 0 saturated carbocycles. The zero-order valence-electron chi connectivity index (χ0n) is 11.2. The van der Waals surface area contributed by atoms with Crippen molar-refractivity contribution in [3.05, 3.63) is 11.8 Å². The predicted octanol–water partition coefficient (Wildman–Crippen LogP) is 1.48. The highest BCUT2D eigenvalue weighted by molar-refractivity contribution is 4.96. The van der Waals surface area contributed by atoms with Crippen LogP contribution in [0.2, 0.25) is 0 Å². The molecule has 3 rings (SSSR count). The van der Waals surface area contributed by atoms with Gasteiger partial charge in [-0.25, -0.2) is 0 Å². The van der Waals surface area contributed by atoms with Crippen molar-refractivity contribution in [2.75, 3.05) is 6.54 Å². The van der Waals surface area contributed by atoms with Crippen molar-refractivity contribution >= 4 is 0 Å². The van der Waals surface area contributed by atoms with E-state index in [1.54, 1.807) is 0 Å². The third-order valence-corrected chi connectivity index (χ3v) is 4.28. The van der Waals surface area contributed by atoms with Gasteiger partial charge in [-0.15, -0.1) is 10.2 Å². The Hall–Kier alpha value is -0.940. The van der Waals surface area contributed by atoms with E-state index in [0.29, 0.717) is 11.9 Å². The molecule has 2 aliphatic heterocycles. The van der Waals surface area contributed by atoms with Crippen LogP contribution >= 0.6 is 0 Å². The molecule has 2 fully saturated rings. The monoisotopic (exact) mass is 250 g/mol. The Morgan fingerprint density at radius 1 is 1.28 bits per heavy atom. The van der Waals surface area contributed by atoms with Crippen LogP contribution in [0.3, 0.4) is 0 Å². The number of nitrogens with zero attached hydrogens (tertiary/aromatic N) is 3. The molecule has 0 radical (unpaired) electrons. The molecule has 2 aliphatic rings. The number of hydrogen-bond donors (Lipinski definition) is 1. The van der Waals surface area contributed by atoms with E-state index in [1.807, 2.05) is 6.92 Å². The molecule has 2 unspecified atom stereocenters. The normalized spacial score (nSPS) is 31.2. The first kappa shape index (κ1) is 12.1. The number of piperidine rings is 1. The van der Waals surface area contributed by atoms with Gasteiger partial charge in [0.2, 0.25) is 11.8 Å². The van der Waals surface area contributed by atoms with E-state index in [9.17, 15) is 0 Å². The topological polar surface area (TPSA) is 54.2 Å². The number of nitrogens with one attached hydrogen (secondary N) is 1. The predicted molar refractivity (Wildman–Crippen MR) is 68.1 cm³/mol. The van der Waals surface area contributed by atoms with Crippen LogP contribution in [-0.2, 0) is 6.54 Å². The molecule has 2 bridgehead atoms. The van der Waals surface area contributed by atoms with Gasteiger partial charge in [0.05, 0.1) is 6.54 Å². The molecule has 0 aliphatic carbocycles. The first-order valence-corrected chi connectivity index (χ1v) is 7.03. The number of fused-ring (bicyclic) bond motifs is 2. The highest BCUT2D eigenvalue weighted by Crippen LogP contribution is 2.30. The fourth-order valence-corrected chi connectivity index (χ4v) is 3.40. The van der Waals surface area contributed by atoms with Crippen LogP contribution in [0.5, 0.6) is 0 Å². The van der Waals surface area contributed by atoms with Gasteiger partial charge in [-0.1, -0.05) is 6.92 Å². The maximum atomic E-state index is 5.50. The number of aryl methyl sites for hydroxylation is 1. The van der Waals surface area contributed by atoms with Crippen LogP contribution in [0.4, 0.5) is 0 Å². The van der Waals surface area contributed by atoms with Crippen molar-refractivity contribution < 1.29 is 4.42 Å². The van der Waals surface area contributed by atoms with Gasteiger partial charge in [0.1, 0.15) is 0 Å². The van der Waals surface area contributed by atoms with Crippen LogP contribution in [-0.4, -0.2) is 39.8 Å². The van der Waals surface area contributed by atoms with Crippen molar-refractivity contribution in [2.24, 2.45) is 0 Å². The standard InChI is InChI=1S/C13H22N4O/c1-3-17(8-13-16-15-9(2)18-13)12-6-10-4-5-11(7-12)14-10/h10-12,14H,3-8H2,1-2H3.